The number of hydrogen-bond donors (Lipinski definition) is 1. The fraction of sp³-hybridized carbons (Fsp3) is 0.321. The molecule has 0 bridgehead atoms. The molecule has 1 spiro atoms. The van der Waals surface area contributed by atoms with Gasteiger partial charge in [-0.25, -0.2) is 4.79 Å². The highest BCUT2D eigenvalue weighted by Crippen LogP contribution is 2.40. The second kappa shape index (κ2) is 10.5. The maximum absolute atomic E-state index is 12.9. The fourth-order valence-electron chi connectivity index (χ4n) is 4.70. The number of ether oxygens (including phenoxy) is 1. The van der Waals surface area contributed by atoms with E-state index in [1.54, 1.807) is 0 Å². The zero-order valence-corrected chi connectivity index (χ0v) is 19.4. The van der Waals surface area contributed by atoms with Crippen LogP contribution in [0, 0.1) is 5.41 Å². The molecule has 0 aliphatic carbocycles. The molecule has 2 aliphatic rings. The summed E-state index contributed by atoms with van der Waals surface area (Å²) in [7, 11) is 0. The van der Waals surface area contributed by atoms with E-state index in [2.05, 4.69) is 28.9 Å². The average Bonchev–Trinajstić information content (AvgIpc) is 3.44. The van der Waals surface area contributed by atoms with Crippen LogP contribution in [0.5, 0.6) is 11.5 Å². The third kappa shape index (κ3) is 5.93. The van der Waals surface area contributed by atoms with Gasteiger partial charge in [0, 0.05) is 37.3 Å². The van der Waals surface area contributed by atoms with E-state index in [9.17, 15) is 4.79 Å². The minimum absolute atomic E-state index is 0.0261. The molecule has 1 unspecified atom stereocenters. The van der Waals surface area contributed by atoms with Crippen molar-refractivity contribution in [2.45, 2.75) is 19.8 Å². The molecule has 0 radical (unpaired) electrons. The third-order valence-electron chi connectivity index (χ3n) is 6.50. The van der Waals surface area contributed by atoms with Gasteiger partial charge < -0.3 is 15.0 Å². The molecule has 2 heterocycles. The van der Waals surface area contributed by atoms with Gasteiger partial charge in [0.25, 0.3) is 0 Å². The predicted octanol–water partition coefficient (Wildman–Crippen LogP) is 6.10. The molecule has 2 amide bonds. The van der Waals surface area contributed by atoms with Gasteiger partial charge >= 0.3 is 6.03 Å². The lowest BCUT2D eigenvalue weighted by molar-refractivity contribution is 0.211. The largest absolute Gasteiger partial charge is 0.457 e. The van der Waals surface area contributed by atoms with Gasteiger partial charge in [0.1, 0.15) is 11.5 Å². The molecule has 2 saturated heterocycles. The first-order chi connectivity index (χ1) is 16.1. The number of hydrogen-bond acceptors (Lipinski definition) is 3. The van der Waals surface area contributed by atoms with Crippen LogP contribution < -0.4 is 10.1 Å². The highest BCUT2D eigenvalue weighted by molar-refractivity contribution is 5.89. The van der Waals surface area contributed by atoms with Crippen molar-refractivity contribution in [3.05, 3.63) is 91.1 Å². The van der Waals surface area contributed by atoms with Gasteiger partial charge in [0.05, 0.1) is 0 Å². The lowest BCUT2D eigenvalue weighted by atomic mass is 9.86. The summed E-state index contributed by atoms with van der Waals surface area (Å²) in [6.07, 6.45) is 10.4. The van der Waals surface area contributed by atoms with Crippen molar-refractivity contribution in [3.63, 3.8) is 0 Å². The second-order valence-corrected chi connectivity index (χ2v) is 8.97. The Morgan fingerprint density at radius 1 is 1.06 bits per heavy atom. The van der Waals surface area contributed by atoms with Crippen LogP contribution in [0.1, 0.15) is 19.8 Å². The Balaban J connectivity index is 1.28. The molecule has 172 valence electrons. The molecule has 4 rings (SSSR count). The monoisotopic (exact) mass is 443 g/mol. The van der Waals surface area contributed by atoms with Crippen LogP contribution in [0.3, 0.4) is 0 Å². The molecule has 2 aliphatic heterocycles. The number of nitrogens with zero attached hydrogens (tertiary/aromatic N) is 2. The molecule has 2 aromatic carbocycles. The van der Waals surface area contributed by atoms with Crippen LogP contribution >= 0.6 is 0 Å². The Morgan fingerprint density at radius 2 is 1.79 bits per heavy atom. The first kappa shape index (κ1) is 22.9. The van der Waals surface area contributed by atoms with Gasteiger partial charge in [-0.3, -0.25) is 4.90 Å². The van der Waals surface area contributed by atoms with E-state index < -0.39 is 0 Å². The lowest BCUT2D eigenvalue weighted by Gasteiger charge is -2.25. The summed E-state index contributed by atoms with van der Waals surface area (Å²) >= 11 is 0. The van der Waals surface area contributed by atoms with Crippen molar-refractivity contribution in [3.8, 4) is 11.5 Å². The summed E-state index contributed by atoms with van der Waals surface area (Å²) in [5.41, 5.74) is 2.22. The van der Waals surface area contributed by atoms with Gasteiger partial charge in [-0.2, -0.15) is 0 Å². The zero-order valence-electron chi connectivity index (χ0n) is 19.4. The Hall–Kier alpha value is -3.31. The number of anilines is 1. The van der Waals surface area contributed by atoms with Gasteiger partial charge in [-0.15, -0.1) is 0 Å². The number of amides is 2. The van der Waals surface area contributed by atoms with Crippen molar-refractivity contribution >= 4 is 11.7 Å². The van der Waals surface area contributed by atoms with Crippen molar-refractivity contribution in [2.24, 2.45) is 5.41 Å². The SMILES string of the molecule is C=C/C(=C\C=C/C)CN1CCC2(CCN(C(=O)Nc3ccc(Oc4ccccc4)cc3)C2)C1. The maximum Gasteiger partial charge on any atom is 0.321 e. The smallest absolute Gasteiger partial charge is 0.321 e. The molecule has 1 atom stereocenters. The van der Waals surface area contributed by atoms with Gasteiger partial charge in [0.15, 0.2) is 0 Å². The number of carbonyl (C=O) groups is 1. The van der Waals surface area contributed by atoms with Gasteiger partial charge in [-0.1, -0.05) is 49.1 Å². The molecule has 0 aromatic heterocycles. The number of urea groups is 1. The van der Waals surface area contributed by atoms with Crippen molar-refractivity contribution in [2.75, 3.05) is 38.0 Å². The number of likely N-dealkylation sites (tertiary alicyclic amines) is 2. The number of benzene rings is 2. The van der Waals surface area contributed by atoms with E-state index in [0.29, 0.717) is 0 Å². The third-order valence-corrected chi connectivity index (χ3v) is 6.50. The summed E-state index contributed by atoms with van der Waals surface area (Å²) in [5, 5.41) is 3.04. The summed E-state index contributed by atoms with van der Waals surface area (Å²) < 4.78 is 5.83. The number of carbonyl (C=O) groups excluding carboxylic acids is 1. The van der Waals surface area contributed by atoms with Gasteiger partial charge in [-0.05, 0) is 68.3 Å². The van der Waals surface area contributed by atoms with Crippen LogP contribution in [-0.4, -0.2) is 48.6 Å². The number of rotatable bonds is 7. The number of allylic oxidation sites excluding steroid dienone is 3. The predicted molar refractivity (Wildman–Crippen MR) is 135 cm³/mol. The Bertz CT molecular complexity index is 1010. The van der Waals surface area contributed by atoms with Crippen LogP contribution in [0.4, 0.5) is 10.5 Å². The Kier molecular flexibility index (Phi) is 7.30. The van der Waals surface area contributed by atoms with Crippen molar-refractivity contribution < 1.29 is 9.53 Å². The van der Waals surface area contributed by atoms with E-state index in [1.165, 1.54) is 5.57 Å². The lowest BCUT2D eigenvalue weighted by Crippen LogP contribution is -2.36. The van der Waals surface area contributed by atoms with E-state index >= 15 is 0 Å². The number of para-hydroxylation sites is 1. The van der Waals surface area contributed by atoms with Crippen LogP contribution in [0.25, 0.3) is 0 Å². The van der Waals surface area contributed by atoms with Crippen LogP contribution in [-0.2, 0) is 0 Å². The van der Waals surface area contributed by atoms with Crippen molar-refractivity contribution in [1.29, 1.82) is 0 Å². The second-order valence-electron chi connectivity index (χ2n) is 8.97. The highest BCUT2D eigenvalue weighted by Gasteiger charge is 2.44. The first-order valence-electron chi connectivity index (χ1n) is 11.6. The minimum Gasteiger partial charge on any atom is -0.457 e. The molecule has 0 saturated carbocycles. The van der Waals surface area contributed by atoms with Gasteiger partial charge in [0.2, 0.25) is 0 Å². The molecule has 2 fully saturated rings. The highest BCUT2D eigenvalue weighted by atomic mass is 16.5. The summed E-state index contributed by atoms with van der Waals surface area (Å²) in [6.45, 7) is 10.6. The first-order valence-corrected chi connectivity index (χ1v) is 11.6. The van der Waals surface area contributed by atoms with E-state index in [4.69, 9.17) is 4.74 Å². The number of nitrogens with one attached hydrogen (secondary N) is 1. The summed E-state index contributed by atoms with van der Waals surface area (Å²) in [5.74, 6) is 1.53. The van der Waals surface area contributed by atoms with Crippen LogP contribution in [0.2, 0.25) is 0 Å². The zero-order chi connectivity index (χ0) is 23.1. The van der Waals surface area contributed by atoms with E-state index in [0.717, 1.165) is 62.8 Å². The quantitative estimate of drug-likeness (QED) is 0.526. The topological polar surface area (TPSA) is 44.8 Å². The Morgan fingerprint density at radius 3 is 2.52 bits per heavy atom. The molecule has 5 heteroatoms. The average molecular weight is 444 g/mol. The van der Waals surface area contributed by atoms with Crippen LogP contribution in [0.15, 0.2) is 91.1 Å². The summed E-state index contributed by atoms with van der Waals surface area (Å²) in [4.78, 5) is 17.3. The van der Waals surface area contributed by atoms with Crippen molar-refractivity contribution in [1.82, 2.24) is 9.80 Å². The fourth-order valence-corrected chi connectivity index (χ4v) is 4.70. The molecule has 5 nitrogen and oxygen atoms in total. The molecular formula is C28H33N3O2. The standard InChI is InChI=1S/C28H33N3O2/c1-3-5-9-23(4-2)20-30-18-16-28(21-30)17-19-31(22-28)27(32)29-24-12-14-26(15-13-24)33-25-10-7-6-8-11-25/h3-15H,2,16-22H2,1H3,(H,29,32)/b5-3-,23-9+. The minimum atomic E-state index is -0.0261. The molecular weight excluding hydrogens is 410 g/mol. The van der Waals surface area contributed by atoms with E-state index in [-0.39, 0.29) is 11.4 Å². The molecule has 33 heavy (non-hydrogen) atoms. The molecule has 2 aromatic rings. The summed E-state index contributed by atoms with van der Waals surface area (Å²) in [6, 6.07) is 17.2. The van der Waals surface area contributed by atoms with E-state index in [1.807, 2.05) is 78.6 Å². The molecule has 1 N–H and O–H groups in total. The Labute approximate surface area is 197 Å². The normalized spacial score (nSPS) is 21.1. The maximum atomic E-state index is 12.9.